The molecule has 0 aliphatic carbocycles. The van der Waals surface area contributed by atoms with Crippen LogP contribution in [0.5, 0.6) is 0 Å². The van der Waals surface area contributed by atoms with Crippen LogP contribution in [0.25, 0.3) is 0 Å². The Kier molecular flexibility index (Phi) is 6.15. The first-order chi connectivity index (χ1) is 9.04. The van der Waals surface area contributed by atoms with E-state index in [1.165, 1.54) is 5.56 Å². The van der Waals surface area contributed by atoms with E-state index < -0.39 is 0 Å². The summed E-state index contributed by atoms with van der Waals surface area (Å²) in [5, 5.41) is 5.88. The average molecular weight is 265 g/mol. The molecular formula is C14H23N3O2. The summed E-state index contributed by atoms with van der Waals surface area (Å²) in [5.74, 6) is -0.0379. The Morgan fingerprint density at radius 1 is 1.37 bits per heavy atom. The Balaban J connectivity index is 2.49. The predicted octanol–water partition coefficient (Wildman–Crippen LogP) is 1.24. The number of hydrogen-bond donors (Lipinski definition) is 2. The highest BCUT2D eigenvalue weighted by Gasteiger charge is 2.04. The molecule has 0 fully saturated rings. The second-order valence-corrected chi connectivity index (χ2v) is 4.59. The summed E-state index contributed by atoms with van der Waals surface area (Å²) in [6.07, 6.45) is 0. The van der Waals surface area contributed by atoms with Crippen LogP contribution < -0.4 is 15.5 Å². The molecule has 106 valence electrons. The number of carbonyl (C=O) groups is 1. The summed E-state index contributed by atoms with van der Waals surface area (Å²) in [6.45, 7) is 3.39. The zero-order valence-electron chi connectivity index (χ0n) is 12.1. The van der Waals surface area contributed by atoms with Gasteiger partial charge < -0.3 is 20.3 Å². The molecule has 0 atom stereocenters. The second-order valence-electron chi connectivity index (χ2n) is 4.59. The maximum absolute atomic E-state index is 11.5. The van der Waals surface area contributed by atoms with Crippen molar-refractivity contribution >= 4 is 17.3 Å². The SMILES string of the molecule is COCCNC(=O)CNc1ccc(C)c(N(C)C)c1. The summed E-state index contributed by atoms with van der Waals surface area (Å²) in [7, 11) is 5.62. The standard InChI is InChI=1S/C14H23N3O2/c1-11-5-6-12(9-13(11)17(2)3)16-10-14(18)15-7-8-19-4/h5-6,9,16H,7-8,10H2,1-4H3,(H,15,18). The van der Waals surface area contributed by atoms with E-state index in [0.717, 1.165) is 11.4 Å². The van der Waals surface area contributed by atoms with Crippen molar-refractivity contribution in [3.05, 3.63) is 23.8 Å². The van der Waals surface area contributed by atoms with Crippen LogP contribution in [0.3, 0.4) is 0 Å². The topological polar surface area (TPSA) is 53.6 Å². The van der Waals surface area contributed by atoms with Crippen molar-refractivity contribution in [2.45, 2.75) is 6.92 Å². The Labute approximate surface area is 114 Å². The molecular weight excluding hydrogens is 242 g/mol. The summed E-state index contributed by atoms with van der Waals surface area (Å²) in [6, 6.07) is 6.06. The third-order valence-electron chi connectivity index (χ3n) is 2.77. The molecule has 0 spiro atoms. The molecule has 1 amide bonds. The third kappa shape index (κ3) is 5.18. The highest BCUT2D eigenvalue weighted by atomic mass is 16.5. The Hall–Kier alpha value is -1.75. The van der Waals surface area contributed by atoms with Gasteiger partial charge in [0.2, 0.25) is 5.91 Å². The van der Waals surface area contributed by atoms with Gasteiger partial charge in [-0.25, -0.2) is 0 Å². The first-order valence-electron chi connectivity index (χ1n) is 6.32. The summed E-state index contributed by atoms with van der Waals surface area (Å²) >= 11 is 0. The van der Waals surface area contributed by atoms with Crippen molar-refractivity contribution in [3.63, 3.8) is 0 Å². The fraction of sp³-hybridized carbons (Fsp3) is 0.500. The molecule has 0 saturated carbocycles. The molecule has 1 aromatic carbocycles. The maximum Gasteiger partial charge on any atom is 0.239 e. The zero-order valence-corrected chi connectivity index (χ0v) is 12.1. The van der Waals surface area contributed by atoms with Crippen LogP contribution in [0.2, 0.25) is 0 Å². The number of methoxy groups -OCH3 is 1. The van der Waals surface area contributed by atoms with Crippen molar-refractivity contribution in [2.24, 2.45) is 0 Å². The summed E-state index contributed by atoms with van der Waals surface area (Å²) < 4.78 is 4.87. The van der Waals surface area contributed by atoms with E-state index >= 15 is 0 Å². The van der Waals surface area contributed by atoms with Gasteiger partial charge in [0.1, 0.15) is 0 Å². The number of ether oxygens (including phenoxy) is 1. The number of nitrogens with one attached hydrogen (secondary N) is 2. The van der Waals surface area contributed by atoms with Crippen molar-refractivity contribution < 1.29 is 9.53 Å². The number of anilines is 2. The lowest BCUT2D eigenvalue weighted by molar-refractivity contribution is -0.119. The van der Waals surface area contributed by atoms with E-state index in [2.05, 4.69) is 22.5 Å². The first-order valence-corrected chi connectivity index (χ1v) is 6.32. The van der Waals surface area contributed by atoms with E-state index in [1.807, 2.05) is 32.3 Å². The number of nitrogens with zero attached hydrogens (tertiary/aromatic N) is 1. The quantitative estimate of drug-likeness (QED) is 0.728. The smallest absolute Gasteiger partial charge is 0.239 e. The number of carbonyl (C=O) groups excluding carboxylic acids is 1. The van der Waals surface area contributed by atoms with E-state index in [1.54, 1.807) is 7.11 Å². The van der Waals surface area contributed by atoms with Crippen LogP contribution >= 0.6 is 0 Å². The van der Waals surface area contributed by atoms with Gasteiger partial charge in [0.05, 0.1) is 13.2 Å². The van der Waals surface area contributed by atoms with Gasteiger partial charge in [-0.05, 0) is 24.6 Å². The van der Waals surface area contributed by atoms with Crippen LogP contribution in [0.1, 0.15) is 5.56 Å². The fourth-order valence-corrected chi connectivity index (χ4v) is 1.74. The molecule has 19 heavy (non-hydrogen) atoms. The van der Waals surface area contributed by atoms with Crippen molar-refractivity contribution in [3.8, 4) is 0 Å². The summed E-state index contributed by atoms with van der Waals surface area (Å²) in [4.78, 5) is 13.6. The lowest BCUT2D eigenvalue weighted by atomic mass is 10.1. The van der Waals surface area contributed by atoms with Gasteiger partial charge in [-0.15, -0.1) is 0 Å². The Bertz CT molecular complexity index is 419. The van der Waals surface area contributed by atoms with Gasteiger partial charge in [0.25, 0.3) is 0 Å². The molecule has 2 N–H and O–H groups in total. The number of amides is 1. The molecule has 0 saturated heterocycles. The molecule has 1 aromatic rings. The average Bonchev–Trinajstić information content (AvgIpc) is 2.37. The minimum absolute atomic E-state index is 0.0379. The van der Waals surface area contributed by atoms with E-state index in [4.69, 9.17) is 4.74 Å². The van der Waals surface area contributed by atoms with Gasteiger partial charge in [-0.2, -0.15) is 0 Å². The molecule has 0 bridgehead atoms. The molecule has 0 aliphatic rings. The Morgan fingerprint density at radius 2 is 2.11 bits per heavy atom. The maximum atomic E-state index is 11.5. The van der Waals surface area contributed by atoms with Crippen LogP contribution in [0, 0.1) is 6.92 Å². The van der Waals surface area contributed by atoms with Gasteiger partial charge in [0, 0.05) is 39.1 Å². The van der Waals surface area contributed by atoms with E-state index in [-0.39, 0.29) is 12.5 Å². The molecule has 0 radical (unpaired) electrons. The van der Waals surface area contributed by atoms with Crippen LogP contribution in [0.15, 0.2) is 18.2 Å². The molecule has 5 heteroatoms. The Morgan fingerprint density at radius 3 is 2.74 bits per heavy atom. The van der Waals surface area contributed by atoms with Crippen molar-refractivity contribution in [1.82, 2.24) is 5.32 Å². The van der Waals surface area contributed by atoms with E-state index in [9.17, 15) is 4.79 Å². The highest BCUT2D eigenvalue weighted by molar-refractivity contribution is 5.81. The predicted molar refractivity (Wildman–Crippen MR) is 78.9 cm³/mol. The van der Waals surface area contributed by atoms with Gasteiger partial charge in [-0.1, -0.05) is 6.07 Å². The van der Waals surface area contributed by atoms with Crippen molar-refractivity contribution in [1.29, 1.82) is 0 Å². The minimum Gasteiger partial charge on any atom is -0.383 e. The first kappa shape index (κ1) is 15.3. The molecule has 1 rings (SSSR count). The molecule has 0 aromatic heterocycles. The van der Waals surface area contributed by atoms with Gasteiger partial charge >= 0.3 is 0 Å². The molecule has 0 unspecified atom stereocenters. The molecule has 0 aliphatic heterocycles. The van der Waals surface area contributed by atoms with Gasteiger partial charge in [0.15, 0.2) is 0 Å². The largest absolute Gasteiger partial charge is 0.383 e. The molecule has 5 nitrogen and oxygen atoms in total. The number of benzene rings is 1. The number of aryl methyl sites for hydroxylation is 1. The lowest BCUT2D eigenvalue weighted by Gasteiger charge is -2.17. The number of rotatable bonds is 7. The normalized spacial score (nSPS) is 10.1. The van der Waals surface area contributed by atoms with Crippen LogP contribution in [-0.4, -0.2) is 46.8 Å². The monoisotopic (exact) mass is 265 g/mol. The summed E-state index contributed by atoms with van der Waals surface area (Å²) in [5.41, 5.74) is 3.29. The lowest BCUT2D eigenvalue weighted by Crippen LogP contribution is -2.32. The van der Waals surface area contributed by atoms with Crippen LogP contribution in [0.4, 0.5) is 11.4 Å². The highest BCUT2D eigenvalue weighted by Crippen LogP contribution is 2.22. The van der Waals surface area contributed by atoms with Crippen LogP contribution in [-0.2, 0) is 9.53 Å². The molecule has 0 heterocycles. The minimum atomic E-state index is -0.0379. The number of hydrogen-bond acceptors (Lipinski definition) is 4. The fourth-order valence-electron chi connectivity index (χ4n) is 1.74. The van der Waals surface area contributed by atoms with Crippen molar-refractivity contribution in [2.75, 3.05) is 51.1 Å². The zero-order chi connectivity index (χ0) is 14.3. The third-order valence-corrected chi connectivity index (χ3v) is 2.77. The second kappa shape index (κ2) is 7.63. The van der Waals surface area contributed by atoms with E-state index in [0.29, 0.717) is 13.2 Å². The van der Waals surface area contributed by atoms with Gasteiger partial charge in [-0.3, -0.25) is 4.79 Å².